The average Bonchev–Trinajstić information content (AvgIpc) is 3.56. The molecule has 1 aromatic carbocycles. The highest BCUT2D eigenvalue weighted by Crippen LogP contribution is 2.31. The van der Waals surface area contributed by atoms with Crippen LogP contribution < -0.4 is 10.6 Å². The van der Waals surface area contributed by atoms with Crippen molar-refractivity contribution in [2.24, 2.45) is 5.92 Å². The Hall–Kier alpha value is -3.63. The summed E-state index contributed by atoms with van der Waals surface area (Å²) in [6.45, 7) is 10.1. The van der Waals surface area contributed by atoms with Crippen molar-refractivity contribution in [2.45, 2.75) is 78.3 Å². The van der Waals surface area contributed by atoms with E-state index in [1.165, 1.54) is 0 Å². The zero-order chi connectivity index (χ0) is 27.8. The van der Waals surface area contributed by atoms with Crippen LogP contribution in [0.2, 0.25) is 0 Å². The molecule has 11 nitrogen and oxygen atoms in total. The van der Waals surface area contributed by atoms with Gasteiger partial charge >= 0.3 is 18.0 Å². The lowest BCUT2D eigenvalue weighted by Crippen LogP contribution is -2.50. The van der Waals surface area contributed by atoms with Crippen LogP contribution in [0.1, 0.15) is 53.5 Å². The lowest BCUT2D eigenvalue weighted by molar-refractivity contribution is -0.148. The predicted octanol–water partition coefficient (Wildman–Crippen LogP) is 1.93. The second-order valence-electron chi connectivity index (χ2n) is 10.1. The molecule has 37 heavy (non-hydrogen) atoms. The first-order valence-corrected chi connectivity index (χ1v) is 12.3. The lowest BCUT2D eigenvalue weighted by Gasteiger charge is -2.24. The van der Waals surface area contributed by atoms with E-state index < -0.39 is 60.1 Å². The summed E-state index contributed by atoms with van der Waals surface area (Å²) >= 11 is 0. The van der Waals surface area contributed by atoms with Crippen molar-refractivity contribution in [2.75, 3.05) is 13.2 Å². The molecule has 0 bridgehead atoms. The van der Waals surface area contributed by atoms with E-state index in [4.69, 9.17) is 14.2 Å². The molecule has 2 N–H and O–H groups in total. The maximum atomic E-state index is 12.9. The second kappa shape index (κ2) is 13.1. The maximum Gasteiger partial charge on any atom is 0.408 e. The molecule has 1 fully saturated rings. The van der Waals surface area contributed by atoms with Crippen LogP contribution in [0.4, 0.5) is 4.79 Å². The molecule has 1 heterocycles. The monoisotopic (exact) mass is 519 g/mol. The number of carbonyl (C=O) groups is 5. The third-order valence-electron chi connectivity index (χ3n) is 5.22. The Morgan fingerprint density at radius 2 is 1.57 bits per heavy atom. The third kappa shape index (κ3) is 9.40. The molecular formula is C26H37N3O8. The molecule has 204 valence electrons. The molecular weight excluding hydrogens is 482 g/mol. The molecule has 3 atom stereocenters. The summed E-state index contributed by atoms with van der Waals surface area (Å²) in [5, 5.41) is 5.01. The Bertz CT molecular complexity index is 974. The smallest absolute Gasteiger partial charge is 0.408 e. The van der Waals surface area contributed by atoms with Gasteiger partial charge in [0.15, 0.2) is 12.1 Å². The van der Waals surface area contributed by atoms with Crippen LogP contribution >= 0.6 is 0 Å². The first kappa shape index (κ1) is 29.6. The van der Waals surface area contributed by atoms with Gasteiger partial charge in [-0.3, -0.25) is 9.59 Å². The minimum absolute atomic E-state index is 0.0162. The average molecular weight is 520 g/mol. The molecule has 0 radical (unpaired) electrons. The lowest BCUT2D eigenvalue weighted by atomic mass is 10.0. The number of esters is 2. The van der Waals surface area contributed by atoms with E-state index >= 15 is 0 Å². The molecule has 1 aliphatic rings. The molecule has 2 rings (SSSR count). The Morgan fingerprint density at radius 3 is 2.11 bits per heavy atom. The van der Waals surface area contributed by atoms with Crippen molar-refractivity contribution in [3.05, 3.63) is 35.9 Å². The summed E-state index contributed by atoms with van der Waals surface area (Å²) in [6.07, 6.45) is -0.447. The largest absolute Gasteiger partial charge is 0.464 e. The number of ether oxygens (including phenoxy) is 3. The number of alkyl carbamates (subject to hydrolysis) is 1. The summed E-state index contributed by atoms with van der Waals surface area (Å²) < 4.78 is 15.5. The molecule has 0 unspecified atom stereocenters. The third-order valence-corrected chi connectivity index (χ3v) is 5.22. The van der Waals surface area contributed by atoms with E-state index in [-0.39, 0.29) is 19.1 Å². The van der Waals surface area contributed by atoms with E-state index in [9.17, 15) is 24.0 Å². The molecule has 0 saturated carbocycles. The molecule has 0 spiro atoms. The molecule has 1 aliphatic heterocycles. The second-order valence-corrected chi connectivity index (χ2v) is 10.1. The standard InChI is InChI=1S/C26H37N3O8/c1-7-35-23(32)20-21(24(33)36-15-17-11-9-8-10-12-17)29(20)19(30)14-27-22(31)18(13-16(2)3)28-25(34)37-26(4,5)6/h8-12,16,18,20-21H,7,13-15H2,1-6H3,(H,27,31)(H,28,34)/t18-,20-,21+,29?/m0/s1. The molecule has 1 saturated heterocycles. The maximum absolute atomic E-state index is 12.9. The van der Waals surface area contributed by atoms with Crippen LogP contribution in [0.15, 0.2) is 30.3 Å². The van der Waals surface area contributed by atoms with E-state index in [0.717, 1.165) is 10.5 Å². The van der Waals surface area contributed by atoms with Crippen molar-refractivity contribution in [3.63, 3.8) is 0 Å². The fourth-order valence-electron chi connectivity index (χ4n) is 3.60. The summed E-state index contributed by atoms with van der Waals surface area (Å²) in [6, 6.07) is 5.77. The summed E-state index contributed by atoms with van der Waals surface area (Å²) in [7, 11) is 0. The Labute approximate surface area is 217 Å². The van der Waals surface area contributed by atoms with Gasteiger partial charge in [0.2, 0.25) is 11.8 Å². The zero-order valence-corrected chi connectivity index (χ0v) is 22.2. The molecule has 0 aliphatic carbocycles. The summed E-state index contributed by atoms with van der Waals surface area (Å²) in [5.74, 6) is -2.66. The van der Waals surface area contributed by atoms with Crippen molar-refractivity contribution in [1.82, 2.24) is 15.5 Å². The van der Waals surface area contributed by atoms with E-state index in [0.29, 0.717) is 6.42 Å². The van der Waals surface area contributed by atoms with Gasteiger partial charge < -0.3 is 29.7 Å². The van der Waals surface area contributed by atoms with Crippen molar-refractivity contribution >= 4 is 29.8 Å². The Morgan fingerprint density at radius 1 is 0.973 bits per heavy atom. The first-order valence-electron chi connectivity index (χ1n) is 12.3. The Kier molecular flexibility index (Phi) is 10.5. The van der Waals surface area contributed by atoms with Gasteiger partial charge in [0.25, 0.3) is 0 Å². The van der Waals surface area contributed by atoms with Gasteiger partial charge in [-0.05, 0) is 45.6 Å². The number of carbonyl (C=O) groups excluding carboxylic acids is 5. The number of nitrogens with zero attached hydrogens (tertiary/aromatic N) is 1. The molecule has 3 amide bonds. The molecule has 11 heteroatoms. The van der Waals surface area contributed by atoms with Gasteiger partial charge in [0.05, 0.1) is 13.2 Å². The minimum atomic E-state index is -1.14. The van der Waals surface area contributed by atoms with Crippen molar-refractivity contribution in [1.29, 1.82) is 0 Å². The summed E-state index contributed by atoms with van der Waals surface area (Å²) in [4.78, 5) is 63.8. The van der Waals surface area contributed by atoms with Gasteiger partial charge in [0, 0.05) is 0 Å². The van der Waals surface area contributed by atoms with E-state index in [1.807, 2.05) is 19.9 Å². The number of hydrogen-bond donors (Lipinski definition) is 2. The minimum Gasteiger partial charge on any atom is -0.464 e. The fourth-order valence-corrected chi connectivity index (χ4v) is 3.60. The number of amides is 3. The van der Waals surface area contributed by atoms with Crippen LogP contribution in [0.25, 0.3) is 0 Å². The zero-order valence-electron chi connectivity index (χ0n) is 22.2. The Balaban J connectivity index is 2.00. The highest BCUT2D eigenvalue weighted by atomic mass is 16.6. The number of hydrogen-bond acceptors (Lipinski definition) is 8. The first-order chi connectivity index (χ1) is 17.3. The van der Waals surface area contributed by atoms with Crippen LogP contribution in [-0.4, -0.2) is 71.6 Å². The van der Waals surface area contributed by atoms with Gasteiger partial charge in [-0.1, -0.05) is 44.2 Å². The van der Waals surface area contributed by atoms with Crippen molar-refractivity contribution in [3.8, 4) is 0 Å². The topological polar surface area (TPSA) is 140 Å². The number of benzene rings is 1. The SMILES string of the molecule is CCOC(=O)[C@@H]1[C@H](C(=O)OCc2ccccc2)N1C(=O)CNC(=O)[C@H](CC(C)C)NC(=O)OC(C)(C)C. The van der Waals surface area contributed by atoms with Gasteiger partial charge in [-0.25, -0.2) is 14.4 Å². The van der Waals surface area contributed by atoms with E-state index in [1.54, 1.807) is 52.0 Å². The molecule has 1 aromatic rings. The van der Waals surface area contributed by atoms with E-state index in [2.05, 4.69) is 10.6 Å². The normalized spacial score (nSPS) is 17.4. The highest BCUT2D eigenvalue weighted by molar-refractivity contribution is 6.02. The van der Waals surface area contributed by atoms with Crippen LogP contribution in [-0.2, 0) is 40.0 Å². The van der Waals surface area contributed by atoms with Gasteiger partial charge in [0.1, 0.15) is 18.2 Å². The summed E-state index contributed by atoms with van der Waals surface area (Å²) in [5.41, 5.74) is 0.00715. The van der Waals surface area contributed by atoms with Crippen LogP contribution in [0.5, 0.6) is 0 Å². The number of nitrogens with one attached hydrogen (secondary N) is 2. The molecule has 0 aromatic heterocycles. The predicted molar refractivity (Wildman–Crippen MR) is 133 cm³/mol. The van der Waals surface area contributed by atoms with Crippen LogP contribution in [0, 0.1) is 5.92 Å². The number of rotatable bonds is 11. The van der Waals surface area contributed by atoms with Crippen molar-refractivity contribution < 1.29 is 38.2 Å². The van der Waals surface area contributed by atoms with Gasteiger partial charge in [-0.15, -0.1) is 0 Å². The van der Waals surface area contributed by atoms with Gasteiger partial charge in [-0.2, -0.15) is 0 Å². The quantitative estimate of drug-likeness (QED) is 0.257. The van der Waals surface area contributed by atoms with Crippen LogP contribution in [0.3, 0.4) is 0 Å². The highest BCUT2D eigenvalue weighted by Gasteiger charge is 2.61. The fraction of sp³-hybridized carbons (Fsp3) is 0.577.